The number of rotatable bonds is 2. The van der Waals surface area contributed by atoms with Gasteiger partial charge in [0.1, 0.15) is 0 Å². The second-order valence-electron chi connectivity index (χ2n) is 4.20. The van der Waals surface area contributed by atoms with Gasteiger partial charge in [-0.05, 0) is 25.8 Å². The van der Waals surface area contributed by atoms with Gasteiger partial charge in [-0.25, -0.2) is 0 Å². The van der Waals surface area contributed by atoms with Crippen LogP contribution in [0.2, 0.25) is 0 Å². The van der Waals surface area contributed by atoms with E-state index in [0.717, 1.165) is 19.4 Å². The van der Waals surface area contributed by atoms with Crippen LogP contribution in [0.4, 0.5) is 0 Å². The lowest BCUT2D eigenvalue weighted by atomic mass is 9.83. The van der Waals surface area contributed by atoms with Gasteiger partial charge in [-0.2, -0.15) is 0 Å². The van der Waals surface area contributed by atoms with Crippen LogP contribution in [0.5, 0.6) is 0 Å². The van der Waals surface area contributed by atoms with Crippen molar-refractivity contribution in [3.8, 4) is 0 Å². The van der Waals surface area contributed by atoms with Gasteiger partial charge in [0, 0.05) is 12.6 Å². The first-order valence-corrected chi connectivity index (χ1v) is 4.99. The summed E-state index contributed by atoms with van der Waals surface area (Å²) in [4.78, 5) is 13.2. The summed E-state index contributed by atoms with van der Waals surface area (Å²) in [5.41, 5.74) is 0. The maximum Gasteiger partial charge on any atom is 0.308 e. The Bertz CT molecular complexity index is 193. The normalized spacial score (nSPS) is 36.1. The molecule has 13 heavy (non-hydrogen) atoms. The number of carboxylic acids is 1. The SMILES string of the molecule is CCC1C(C(=O)O)CC(C)CN1C. The molecule has 3 atom stereocenters. The van der Waals surface area contributed by atoms with Crippen LogP contribution in [-0.2, 0) is 4.79 Å². The van der Waals surface area contributed by atoms with Gasteiger partial charge in [-0.1, -0.05) is 13.8 Å². The Morgan fingerprint density at radius 3 is 2.69 bits per heavy atom. The van der Waals surface area contributed by atoms with Crippen LogP contribution >= 0.6 is 0 Å². The highest BCUT2D eigenvalue weighted by atomic mass is 16.4. The average Bonchev–Trinajstić information content (AvgIpc) is 2.02. The number of likely N-dealkylation sites (tertiary alicyclic amines) is 1. The highest BCUT2D eigenvalue weighted by Gasteiger charge is 2.35. The van der Waals surface area contributed by atoms with Gasteiger partial charge in [-0.15, -0.1) is 0 Å². The van der Waals surface area contributed by atoms with Gasteiger partial charge in [0.15, 0.2) is 0 Å². The standard InChI is InChI=1S/C10H19NO2/c1-4-9-8(10(12)13)5-7(2)6-11(9)3/h7-9H,4-6H2,1-3H3,(H,12,13). The van der Waals surface area contributed by atoms with Gasteiger partial charge >= 0.3 is 5.97 Å². The summed E-state index contributed by atoms with van der Waals surface area (Å²) < 4.78 is 0. The number of aliphatic carboxylic acids is 1. The summed E-state index contributed by atoms with van der Waals surface area (Å²) in [6, 6.07) is 0.230. The number of nitrogens with zero attached hydrogens (tertiary/aromatic N) is 1. The van der Waals surface area contributed by atoms with Gasteiger partial charge in [0.2, 0.25) is 0 Å². The molecule has 3 heteroatoms. The van der Waals surface area contributed by atoms with Crippen molar-refractivity contribution in [2.75, 3.05) is 13.6 Å². The highest BCUT2D eigenvalue weighted by molar-refractivity contribution is 5.71. The summed E-state index contributed by atoms with van der Waals surface area (Å²) in [6.07, 6.45) is 1.76. The molecule has 1 fully saturated rings. The Morgan fingerprint density at radius 2 is 2.23 bits per heavy atom. The van der Waals surface area contributed by atoms with E-state index < -0.39 is 5.97 Å². The van der Waals surface area contributed by atoms with Crippen LogP contribution in [0.1, 0.15) is 26.7 Å². The monoisotopic (exact) mass is 185 g/mol. The smallest absolute Gasteiger partial charge is 0.308 e. The van der Waals surface area contributed by atoms with Crippen molar-refractivity contribution in [1.82, 2.24) is 4.90 Å². The molecule has 0 radical (unpaired) electrons. The molecule has 1 N–H and O–H groups in total. The molecular weight excluding hydrogens is 166 g/mol. The molecule has 0 bridgehead atoms. The number of hydrogen-bond donors (Lipinski definition) is 1. The van der Waals surface area contributed by atoms with Crippen LogP contribution < -0.4 is 0 Å². The molecule has 76 valence electrons. The molecule has 0 amide bonds. The molecule has 1 aliphatic rings. The summed E-state index contributed by atoms with van der Waals surface area (Å²) in [5.74, 6) is -0.294. The van der Waals surface area contributed by atoms with E-state index in [2.05, 4.69) is 18.7 Å². The zero-order chi connectivity index (χ0) is 10.0. The highest BCUT2D eigenvalue weighted by Crippen LogP contribution is 2.28. The first-order chi connectivity index (χ1) is 6.06. The maximum absolute atomic E-state index is 11.0. The molecule has 1 saturated heterocycles. The fraction of sp³-hybridized carbons (Fsp3) is 0.900. The molecule has 1 aliphatic heterocycles. The van der Waals surface area contributed by atoms with E-state index in [1.165, 1.54) is 0 Å². The molecule has 0 aliphatic carbocycles. The Labute approximate surface area is 79.7 Å². The summed E-state index contributed by atoms with van der Waals surface area (Å²) >= 11 is 0. The number of carbonyl (C=O) groups is 1. The van der Waals surface area contributed by atoms with E-state index in [0.29, 0.717) is 5.92 Å². The van der Waals surface area contributed by atoms with Crippen molar-refractivity contribution < 1.29 is 9.90 Å². The summed E-state index contributed by atoms with van der Waals surface area (Å²) in [5, 5.41) is 9.05. The molecule has 0 saturated carbocycles. The minimum absolute atomic E-state index is 0.168. The number of piperidine rings is 1. The van der Waals surface area contributed by atoms with E-state index in [9.17, 15) is 4.79 Å². The van der Waals surface area contributed by atoms with Gasteiger partial charge in [0.05, 0.1) is 5.92 Å². The lowest BCUT2D eigenvalue weighted by Crippen LogP contribution is -2.48. The van der Waals surface area contributed by atoms with Crippen LogP contribution in [-0.4, -0.2) is 35.6 Å². The molecule has 0 spiro atoms. The third-order valence-electron chi connectivity index (χ3n) is 3.02. The van der Waals surface area contributed by atoms with Crippen molar-refractivity contribution in [3.63, 3.8) is 0 Å². The van der Waals surface area contributed by atoms with Gasteiger partial charge in [-0.3, -0.25) is 4.79 Å². The van der Waals surface area contributed by atoms with Crippen molar-refractivity contribution in [2.24, 2.45) is 11.8 Å². The molecular formula is C10H19NO2. The van der Waals surface area contributed by atoms with E-state index >= 15 is 0 Å². The fourth-order valence-electron chi connectivity index (χ4n) is 2.46. The van der Waals surface area contributed by atoms with E-state index in [-0.39, 0.29) is 12.0 Å². The second-order valence-corrected chi connectivity index (χ2v) is 4.20. The predicted octanol–water partition coefficient (Wildman–Crippen LogP) is 1.44. The molecule has 0 aromatic heterocycles. The molecule has 1 heterocycles. The van der Waals surface area contributed by atoms with Gasteiger partial charge in [0.25, 0.3) is 0 Å². The number of hydrogen-bond acceptors (Lipinski definition) is 2. The molecule has 0 aromatic rings. The molecule has 3 nitrogen and oxygen atoms in total. The maximum atomic E-state index is 11.0. The Kier molecular flexibility index (Phi) is 3.31. The number of carboxylic acid groups (broad SMARTS) is 1. The van der Waals surface area contributed by atoms with Gasteiger partial charge < -0.3 is 10.0 Å². The van der Waals surface area contributed by atoms with Crippen molar-refractivity contribution >= 4 is 5.97 Å². The largest absolute Gasteiger partial charge is 0.481 e. The lowest BCUT2D eigenvalue weighted by molar-refractivity contribution is -0.146. The quantitative estimate of drug-likeness (QED) is 0.707. The summed E-state index contributed by atoms with van der Waals surface area (Å²) in [6.45, 7) is 5.22. The fourth-order valence-corrected chi connectivity index (χ4v) is 2.46. The third kappa shape index (κ3) is 2.21. The van der Waals surface area contributed by atoms with E-state index in [4.69, 9.17) is 5.11 Å². The van der Waals surface area contributed by atoms with Crippen LogP contribution in [0.3, 0.4) is 0 Å². The van der Waals surface area contributed by atoms with Crippen molar-refractivity contribution in [2.45, 2.75) is 32.7 Å². The minimum atomic E-state index is -0.634. The zero-order valence-electron chi connectivity index (χ0n) is 8.66. The summed E-state index contributed by atoms with van der Waals surface area (Å²) in [7, 11) is 2.03. The Morgan fingerprint density at radius 1 is 1.62 bits per heavy atom. The molecule has 0 aromatic carbocycles. The van der Waals surface area contributed by atoms with Crippen molar-refractivity contribution in [3.05, 3.63) is 0 Å². The van der Waals surface area contributed by atoms with Crippen LogP contribution in [0.15, 0.2) is 0 Å². The lowest BCUT2D eigenvalue weighted by Gasteiger charge is -2.39. The van der Waals surface area contributed by atoms with E-state index in [1.54, 1.807) is 0 Å². The average molecular weight is 185 g/mol. The molecule has 1 rings (SSSR count). The van der Waals surface area contributed by atoms with Crippen LogP contribution in [0, 0.1) is 11.8 Å². The third-order valence-corrected chi connectivity index (χ3v) is 3.02. The van der Waals surface area contributed by atoms with Crippen molar-refractivity contribution in [1.29, 1.82) is 0 Å². The zero-order valence-corrected chi connectivity index (χ0v) is 8.66. The Balaban J connectivity index is 2.71. The first kappa shape index (κ1) is 10.5. The predicted molar refractivity (Wildman–Crippen MR) is 51.6 cm³/mol. The topological polar surface area (TPSA) is 40.5 Å². The van der Waals surface area contributed by atoms with E-state index in [1.807, 2.05) is 7.05 Å². The second kappa shape index (κ2) is 4.09. The Hall–Kier alpha value is -0.570. The van der Waals surface area contributed by atoms with Crippen LogP contribution in [0.25, 0.3) is 0 Å². The molecule has 3 unspecified atom stereocenters. The minimum Gasteiger partial charge on any atom is -0.481 e. The first-order valence-electron chi connectivity index (χ1n) is 4.99.